The van der Waals surface area contributed by atoms with E-state index in [-0.39, 0.29) is 17.3 Å². The second-order valence-electron chi connectivity index (χ2n) is 8.13. The van der Waals surface area contributed by atoms with Crippen LogP contribution >= 0.6 is 11.3 Å². The molecule has 2 aliphatic heterocycles. The molecule has 0 saturated heterocycles. The van der Waals surface area contributed by atoms with Gasteiger partial charge >= 0.3 is 0 Å². The third-order valence-corrected chi connectivity index (χ3v) is 8.65. The highest BCUT2D eigenvalue weighted by Gasteiger charge is 2.34. The Morgan fingerprint density at radius 2 is 1.87 bits per heavy atom. The molecule has 2 aliphatic rings. The Bertz CT molecular complexity index is 1240. The molecule has 0 bridgehead atoms. The molecule has 8 heteroatoms. The minimum absolute atomic E-state index is 0.106. The molecule has 2 N–H and O–H groups in total. The molecule has 1 atom stereocenters. The van der Waals surface area contributed by atoms with Crippen molar-refractivity contribution < 1.29 is 18.3 Å². The maximum atomic E-state index is 13.0. The van der Waals surface area contributed by atoms with Crippen molar-refractivity contribution in [2.24, 2.45) is 0 Å². The van der Waals surface area contributed by atoms with Crippen LogP contribution < -0.4 is 9.62 Å². The normalized spacial score (nSPS) is 17.9. The van der Waals surface area contributed by atoms with Gasteiger partial charge in [-0.15, -0.1) is 11.3 Å². The number of nitrogens with zero attached hydrogens (tertiary/aromatic N) is 1. The molecule has 30 heavy (non-hydrogen) atoms. The summed E-state index contributed by atoms with van der Waals surface area (Å²) in [5, 5.41) is 12.0. The third-order valence-electron chi connectivity index (χ3n) is 5.90. The van der Waals surface area contributed by atoms with Crippen LogP contribution in [0.5, 0.6) is 0 Å². The van der Waals surface area contributed by atoms with E-state index in [1.807, 2.05) is 30.3 Å². The van der Waals surface area contributed by atoms with Crippen molar-refractivity contribution in [1.82, 2.24) is 4.72 Å². The highest BCUT2D eigenvalue weighted by Crippen LogP contribution is 2.38. The van der Waals surface area contributed by atoms with E-state index in [2.05, 4.69) is 4.72 Å². The number of hydrogen-bond acceptors (Lipinski definition) is 5. The summed E-state index contributed by atoms with van der Waals surface area (Å²) in [6, 6.07) is 13.1. The third kappa shape index (κ3) is 3.24. The molecule has 0 aliphatic carbocycles. The van der Waals surface area contributed by atoms with Crippen LogP contribution in [0.4, 0.5) is 5.69 Å². The first-order chi connectivity index (χ1) is 14.2. The van der Waals surface area contributed by atoms with Gasteiger partial charge in [-0.1, -0.05) is 18.2 Å². The first-order valence-corrected chi connectivity index (χ1v) is 12.2. The van der Waals surface area contributed by atoms with Crippen LogP contribution in [-0.2, 0) is 33.3 Å². The Morgan fingerprint density at radius 1 is 1.13 bits per heavy atom. The van der Waals surface area contributed by atoms with E-state index in [0.717, 1.165) is 26.9 Å². The minimum Gasteiger partial charge on any atom is -0.383 e. The molecule has 1 unspecified atom stereocenters. The van der Waals surface area contributed by atoms with Crippen molar-refractivity contribution in [3.8, 4) is 0 Å². The maximum absolute atomic E-state index is 13.0. The zero-order valence-electron chi connectivity index (χ0n) is 16.5. The van der Waals surface area contributed by atoms with Crippen molar-refractivity contribution in [1.29, 1.82) is 0 Å². The highest BCUT2D eigenvalue weighted by molar-refractivity contribution is 7.89. The summed E-state index contributed by atoms with van der Waals surface area (Å²) < 4.78 is 29.7. The molecule has 5 rings (SSSR count). The summed E-state index contributed by atoms with van der Waals surface area (Å²) in [5.41, 5.74) is 1.37. The number of rotatable bonds is 5. The van der Waals surface area contributed by atoms with E-state index in [1.54, 1.807) is 24.0 Å². The molecule has 1 amide bonds. The van der Waals surface area contributed by atoms with Gasteiger partial charge in [-0.25, -0.2) is 13.1 Å². The maximum Gasteiger partial charge on any atom is 0.240 e. The predicted octanol–water partition coefficient (Wildman–Crippen LogP) is 2.92. The van der Waals surface area contributed by atoms with Crippen LogP contribution in [0.2, 0.25) is 0 Å². The number of amides is 1. The Hall–Kier alpha value is -2.26. The van der Waals surface area contributed by atoms with Crippen LogP contribution in [0.15, 0.2) is 47.4 Å². The van der Waals surface area contributed by atoms with Gasteiger partial charge in [0.05, 0.1) is 10.6 Å². The monoisotopic (exact) mass is 442 g/mol. The van der Waals surface area contributed by atoms with Crippen LogP contribution in [0.25, 0.3) is 10.1 Å². The second-order valence-corrected chi connectivity index (χ2v) is 11.0. The Kier molecular flexibility index (Phi) is 4.52. The molecule has 0 fully saturated rings. The average molecular weight is 443 g/mol. The number of thiophene rings is 1. The molecular weight excluding hydrogens is 420 g/mol. The molecule has 1 aromatic heterocycles. The van der Waals surface area contributed by atoms with Crippen molar-refractivity contribution in [2.45, 2.75) is 36.7 Å². The number of anilines is 1. The smallest absolute Gasteiger partial charge is 0.240 e. The number of hydrogen-bond donors (Lipinski definition) is 2. The zero-order chi connectivity index (χ0) is 21.1. The molecule has 0 radical (unpaired) electrons. The van der Waals surface area contributed by atoms with E-state index < -0.39 is 15.6 Å². The lowest BCUT2D eigenvalue weighted by molar-refractivity contribution is -0.118. The van der Waals surface area contributed by atoms with Gasteiger partial charge in [0.25, 0.3) is 0 Å². The van der Waals surface area contributed by atoms with Crippen molar-refractivity contribution in [3.63, 3.8) is 0 Å². The molecule has 6 nitrogen and oxygen atoms in total. The largest absolute Gasteiger partial charge is 0.383 e. The molecule has 3 aromatic rings. The van der Waals surface area contributed by atoms with E-state index in [0.29, 0.717) is 30.7 Å². The molecule has 3 heterocycles. The topological polar surface area (TPSA) is 86.7 Å². The highest BCUT2D eigenvalue weighted by atomic mass is 32.2. The fourth-order valence-corrected chi connectivity index (χ4v) is 6.57. The Morgan fingerprint density at radius 3 is 2.63 bits per heavy atom. The van der Waals surface area contributed by atoms with Crippen molar-refractivity contribution in [3.05, 3.63) is 58.5 Å². The minimum atomic E-state index is -3.80. The number of aryl methyl sites for hydroxylation is 1. The summed E-state index contributed by atoms with van der Waals surface area (Å²) in [5.74, 6) is 0.106. The van der Waals surface area contributed by atoms with E-state index >= 15 is 0 Å². The summed E-state index contributed by atoms with van der Waals surface area (Å²) in [4.78, 5) is 14.8. The van der Waals surface area contributed by atoms with Gasteiger partial charge in [0, 0.05) is 29.1 Å². The molecule has 2 aromatic carbocycles. The number of benzene rings is 2. The molecule has 156 valence electrons. The standard InChI is InChI=1S/C22H22N2O4S2/c1-22(26,19-12-14-4-2-3-5-18(14)29-19)13-23-30(27,28)17-10-15-6-7-20(25)24-9-8-16(11-17)21(15)24/h2-5,10-12,23,26H,6-9,13H2,1H3. The number of nitrogens with one attached hydrogen (secondary N) is 1. The predicted molar refractivity (Wildman–Crippen MR) is 117 cm³/mol. The number of carbonyl (C=O) groups is 1. The van der Waals surface area contributed by atoms with E-state index in [4.69, 9.17) is 0 Å². The molecule has 0 spiro atoms. The van der Waals surface area contributed by atoms with Gasteiger partial charge in [-0.05, 0) is 60.5 Å². The fourth-order valence-electron chi connectivity index (χ4n) is 4.23. The lowest BCUT2D eigenvalue weighted by Crippen LogP contribution is -2.38. The average Bonchev–Trinajstić information content (AvgIpc) is 3.35. The van der Waals surface area contributed by atoms with E-state index in [9.17, 15) is 18.3 Å². The summed E-state index contributed by atoms with van der Waals surface area (Å²) in [6.45, 7) is 2.11. The van der Waals surface area contributed by atoms with Gasteiger partial charge in [-0.3, -0.25) is 4.79 Å². The lowest BCUT2D eigenvalue weighted by atomic mass is 10.00. The van der Waals surface area contributed by atoms with Crippen LogP contribution in [0.3, 0.4) is 0 Å². The van der Waals surface area contributed by atoms with E-state index in [1.165, 1.54) is 11.3 Å². The summed E-state index contributed by atoms with van der Waals surface area (Å²) in [7, 11) is -3.80. The fraction of sp³-hybridized carbons (Fsp3) is 0.318. The number of carbonyl (C=O) groups excluding carboxylic acids is 1. The van der Waals surface area contributed by atoms with Crippen LogP contribution in [0, 0.1) is 0 Å². The van der Waals surface area contributed by atoms with Crippen molar-refractivity contribution >= 4 is 43.0 Å². The summed E-state index contributed by atoms with van der Waals surface area (Å²) in [6.07, 6.45) is 1.63. The first kappa shape index (κ1) is 19.7. The number of aliphatic hydroxyl groups is 1. The first-order valence-electron chi connectivity index (χ1n) is 9.92. The Labute approximate surface area is 179 Å². The summed E-state index contributed by atoms with van der Waals surface area (Å²) >= 11 is 1.46. The van der Waals surface area contributed by atoms with Crippen molar-refractivity contribution in [2.75, 3.05) is 18.0 Å². The van der Waals surface area contributed by atoms with Gasteiger partial charge in [0.1, 0.15) is 5.60 Å². The lowest BCUT2D eigenvalue weighted by Gasteiger charge is -2.26. The van der Waals surface area contributed by atoms with Gasteiger partial charge in [0.2, 0.25) is 15.9 Å². The number of sulfonamides is 1. The Balaban J connectivity index is 1.40. The van der Waals surface area contributed by atoms with Gasteiger partial charge in [-0.2, -0.15) is 0 Å². The van der Waals surface area contributed by atoms with Crippen LogP contribution in [0.1, 0.15) is 29.3 Å². The number of fused-ring (bicyclic) bond motifs is 1. The molecule has 0 saturated carbocycles. The van der Waals surface area contributed by atoms with Gasteiger partial charge in [0.15, 0.2) is 0 Å². The zero-order valence-corrected chi connectivity index (χ0v) is 18.1. The van der Waals surface area contributed by atoms with Gasteiger partial charge < -0.3 is 10.0 Å². The second kappa shape index (κ2) is 6.88. The quantitative estimate of drug-likeness (QED) is 0.636. The molecular formula is C22H22N2O4S2. The van der Waals surface area contributed by atoms with Crippen LogP contribution in [-0.4, -0.2) is 32.5 Å². The SMILES string of the molecule is CC(O)(CNS(=O)(=O)c1cc2c3c(c1)CCN3C(=O)CC2)c1cc2ccccc2s1.